The Morgan fingerprint density at radius 1 is 0.912 bits per heavy atom. The average Bonchev–Trinajstić information content (AvgIpc) is 2.83. The molecule has 34 heavy (non-hydrogen) atoms. The van der Waals surface area contributed by atoms with Crippen LogP contribution in [-0.2, 0) is 14.4 Å². The SMILES string of the molecule is O=C(COc1ccccc1C1C2=C(CCCC2=O)NC2=C1C(=O)CCC2)Nc1ccccc1Cl. The maximum Gasteiger partial charge on any atom is 0.262 e. The monoisotopic (exact) mass is 476 g/mol. The van der Waals surface area contributed by atoms with Gasteiger partial charge in [-0.2, -0.15) is 0 Å². The number of anilines is 1. The van der Waals surface area contributed by atoms with E-state index in [-0.39, 0.29) is 24.1 Å². The standard InChI is InChI=1S/C27H25ClN2O4/c28-17-8-2-3-9-18(17)30-24(33)15-34-23-14-4-1-7-16(23)25-26-19(10-5-12-21(26)31)29-20-11-6-13-22(32)27(20)25/h1-4,7-9,14,25,29H,5-6,10-13,15H2,(H,30,33). The Morgan fingerprint density at radius 2 is 1.53 bits per heavy atom. The molecule has 0 fully saturated rings. The van der Waals surface area contributed by atoms with Crippen LogP contribution in [0, 0.1) is 0 Å². The van der Waals surface area contributed by atoms with Crippen molar-refractivity contribution in [3.05, 3.63) is 81.7 Å². The number of para-hydroxylation sites is 2. The van der Waals surface area contributed by atoms with Crippen molar-refractivity contribution >= 4 is 34.8 Å². The highest BCUT2D eigenvalue weighted by atomic mass is 35.5. The number of amides is 1. The Labute approximate surface area is 203 Å². The second-order valence-corrected chi connectivity index (χ2v) is 9.16. The zero-order valence-corrected chi connectivity index (χ0v) is 19.4. The number of carbonyl (C=O) groups excluding carboxylic acids is 3. The lowest BCUT2D eigenvalue weighted by molar-refractivity contribution is -0.119. The first-order valence-electron chi connectivity index (χ1n) is 11.6. The first kappa shape index (κ1) is 22.4. The molecule has 7 heteroatoms. The van der Waals surface area contributed by atoms with Crippen LogP contribution in [0.1, 0.15) is 50.0 Å². The summed E-state index contributed by atoms with van der Waals surface area (Å²) in [5.41, 5.74) is 4.41. The van der Waals surface area contributed by atoms with Gasteiger partial charge in [0.25, 0.3) is 5.91 Å². The van der Waals surface area contributed by atoms with Crippen LogP contribution >= 0.6 is 11.6 Å². The molecule has 0 saturated heterocycles. The van der Waals surface area contributed by atoms with E-state index in [0.29, 0.717) is 40.4 Å². The van der Waals surface area contributed by atoms with Gasteiger partial charge in [-0.1, -0.05) is 41.9 Å². The van der Waals surface area contributed by atoms with Gasteiger partial charge in [-0.3, -0.25) is 14.4 Å². The van der Waals surface area contributed by atoms with Crippen LogP contribution in [0.3, 0.4) is 0 Å². The lowest BCUT2D eigenvalue weighted by Crippen LogP contribution is -2.36. The quantitative estimate of drug-likeness (QED) is 0.630. The molecular formula is C27H25ClN2O4. The zero-order valence-electron chi connectivity index (χ0n) is 18.7. The van der Waals surface area contributed by atoms with Gasteiger partial charge in [0.15, 0.2) is 18.2 Å². The van der Waals surface area contributed by atoms with Crippen molar-refractivity contribution in [3.8, 4) is 5.75 Å². The molecule has 3 aliphatic rings. The molecule has 0 atom stereocenters. The first-order chi connectivity index (χ1) is 16.5. The molecule has 1 heterocycles. The summed E-state index contributed by atoms with van der Waals surface area (Å²) in [4.78, 5) is 38.7. The highest BCUT2D eigenvalue weighted by Gasteiger charge is 2.41. The van der Waals surface area contributed by atoms with Crippen molar-refractivity contribution in [1.29, 1.82) is 0 Å². The summed E-state index contributed by atoms with van der Waals surface area (Å²) >= 11 is 6.13. The lowest BCUT2D eigenvalue weighted by Gasteiger charge is -2.37. The van der Waals surface area contributed by atoms with Crippen molar-refractivity contribution in [2.45, 2.75) is 44.4 Å². The van der Waals surface area contributed by atoms with Crippen molar-refractivity contribution in [3.63, 3.8) is 0 Å². The fraction of sp³-hybridized carbons (Fsp3) is 0.296. The van der Waals surface area contributed by atoms with Crippen molar-refractivity contribution < 1.29 is 19.1 Å². The number of ether oxygens (including phenoxy) is 1. The average molecular weight is 477 g/mol. The molecule has 2 aromatic rings. The Hall–Kier alpha value is -3.38. The molecule has 0 unspecified atom stereocenters. The van der Waals surface area contributed by atoms with Crippen LogP contribution in [0.2, 0.25) is 5.02 Å². The van der Waals surface area contributed by atoms with E-state index in [1.807, 2.05) is 18.2 Å². The third-order valence-corrected chi connectivity index (χ3v) is 6.86. The van der Waals surface area contributed by atoms with Crippen LogP contribution in [0.25, 0.3) is 0 Å². The smallest absolute Gasteiger partial charge is 0.262 e. The number of halogens is 1. The number of ketones is 2. The van der Waals surface area contributed by atoms with Crippen LogP contribution in [0.5, 0.6) is 5.75 Å². The predicted molar refractivity (Wildman–Crippen MR) is 130 cm³/mol. The van der Waals surface area contributed by atoms with Crippen LogP contribution in [0.15, 0.2) is 71.1 Å². The molecule has 174 valence electrons. The van der Waals surface area contributed by atoms with E-state index in [1.165, 1.54) is 0 Å². The molecule has 0 radical (unpaired) electrons. The van der Waals surface area contributed by atoms with E-state index in [4.69, 9.17) is 16.3 Å². The summed E-state index contributed by atoms with van der Waals surface area (Å²) in [6, 6.07) is 14.3. The Balaban J connectivity index is 1.46. The maximum absolute atomic E-state index is 13.1. The fourth-order valence-corrected chi connectivity index (χ4v) is 5.22. The molecule has 2 N–H and O–H groups in total. The zero-order chi connectivity index (χ0) is 23.7. The third-order valence-electron chi connectivity index (χ3n) is 6.53. The van der Waals surface area contributed by atoms with Gasteiger partial charge in [0.1, 0.15) is 5.75 Å². The second-order valence-electron chi connectivity index (χ2n) is 8.75. The van der Waals surface area contributed by atoms with E-state index >= 15 is 0 Å². The fourth-order valence-electron chi connectivity index (χ4n) is 5.04. The van der Waals surface area contributed by atoms with Crippen molar-refractivity contribution in [2.75, 3.05) is 11.9 Å². The van der Waals surface area contributed by atoms with Gasteiger partial charge in [-0.15, -0.1) is 0 Å². The molecular weight excluding hydrogens is 452 g/mol. The summed E-state index contributed by atoms with van der Waals surface area (Å²) in [6.45, 7) is -0.229. The van der Waals surface area contributed by atoms with E-state index in [2.05, 4.69) is 10.6 Å². The van der Waals surface area contributed by atoms with Gasteiger partial charge >= 0.3 is 0 Å². The number of dihydropyridines is 1. The molecule has 2 aliphatic carbocycles. The minimum atomic E-state index is -0.477. The molecule has 6 nitrogen and oxygen atoms in total. The predicted octanol–water partition coefficient (Wildman–Crippen LogP) is 5.06. The van der Waals surface area contributed by atoms with Crippen molar-refractivity contribution in [1.82, 2.24) is 5.32 Å². The van der Waals surface area contributed by atoms with E-state index in [9.17, 15) is 14.4 Å². The van der Waals surface area contributed by atoms with E-state index in [1.54, 1.807) is 30.3 Å². The molecule has 1 aliphatic heterocycles. The summed E-state index contributed by atoms with van der Waals surface area (Å²) in [5.74, 6) is -0.214. The lowest BCUT2D eigenvalue weighted by atomic mass is 9.71. The number of Topliss-reactive ketones (excluding diaryl/α,β-unsaturated/α-hetero) is 2. The minimum Gasteiger partial charge on any atom is -0.483 e. The molecule has 0 spiro atoms. The Kier molecular flexibility index (Phi) is 6.24. The number of hydrogen-bond acceptors (Lipinski definition) is 5. The van der Waals surface area contributed by atoms with Gasteiger partial charge in [-0.05, 0) is 43.9 Å². The number of nitrogens with one attached hydrogen (secondary N) is 2. The summed E-state index contributed by atoms with van der Waals surface area (Å²) < 4.78 is 5.95. The topological polar surface area (TPSA) is 84.5 Å². The second kappa shape index (κ2) is 9.47. The normalized spacial score (nSPS) is 18.3. The highest BCUT2D eigenvalue weighted by molar-refractivity contribution is 6.33. The Morgan fingerprint density at radius 3 is 2.21 bits per heavy atom. The number of carbonyl (C=O) groups is 3. The molecule has 0 aromatic heterocycles. The third kappa shape index (κ3) is 4.26. The molecule has 0 saturated carbocycles. The number of allylic oxidation sites excluding steroid dienone is 4. The van der Waals surface area contributed by atoms with Crippen molar-refractivity contribution in [2.24, 2.45) is 0 Å². The number of rotatable bonds is 5. The van der Waals surface area contributed by atoms with E-state index < -0.39 is 5.92 Å². The summed E-state index contributed by atoms with van der Waals surface area (Å²) in [7, 11) is 0. The molecule has 1 amide bonds. The van der Waals surface area contributed by atoms with E-state index in [0.717, 1.165) is 42.6 Å². The summed E-state index contributed by atoms with van der Waals surface area (Å²) in [6.07, 6.45) is 4.11. The molecule has 5 rings (SSSR count). The first-order valence-corrected chi connectivity index (χ1v) is 12.0. The van der Waals surface area contributed by atoms with Gasteiger partial charge in [0, 0.05) is 46.9 Å². The maximum atomic E-state index is 13.1. The number of benzene rings is 2. The van der Waals surface area contributed by atoms with Crippen LogP contribution in [-0.4, -0.2) is 24.1 Å². The highest BCUT2D eigenvalue weighted by Crippen LogP contribution is 2.47. The van der Waals surface area contributed by atoms with Gasteiger partial charge in [0.2, 0.25) is 0 Å². The molecule has 2 aromatic carbocycles. The number of hydrogen-bond donors (Lipinski definition) is 2. The molecule has 0 bridgehead atoms. The van der Waals surface area contributed by atoms with Gasteiger partial charge in [-0.25, -0.2) is 0 Å². The largest absolute Gasteiger partial charge is 0.483 e. The van der Waals surface area contributed by atoms with Gasteiger partial charge < -0.3 is 15.4 Å². The van der Waals surface area contributed by atoms with Gasteiger partial charge in [0.05, 0.1) is 10.7 Å². The van der Waals surface area contributed by atoms with Crippen LogP contribution in [0.4, 0.5) is 5.69 Å². The summed E-state index contributed by atoms with van der Waals surface area (Å²) in [5, 5.41) is 6.61. The Bertz CT molecular complexity index is 1200. The van der Waals surface area contributed by atoms with Crippen LogP contribution < -0.4 is 15.4 Å². The minimum absolute atomic E-state index is 0.0648.